The number of para-hydroxylation sites is 1. The van der Waals surface area contributed by atoms with Crippen molar-refractivity contribution in [2.45, 2.75) is 23.5 Å². The van der Waals surface area contributed by atoms with E-state index in [4.69, 9.17) is 14.2 Å². The molecule has 25 heavy (non-hydrogen) atoms. The molecule has 0 spiro atoms. The van der Waals surface area contributed by atoms with E-state index in [-0.39, 0.29) is 11.2 Å². The molecule has 1 heterocycles. The van der Waals surface area contributed by atoms with Crippen LogP contribution in [0.2, 0.25) is 0 Å². The first-order chi connectivity index (χ1) is 12.2. The van der Waals surface area contributed by atoms with Crippen molar-refractivity contribution < 1.29 is 19.0 Å². The van der Waals surface area contributed by atoms with Gasteiger partial charge in [-0.15, -0.1) is 11.8 Å². The van der Waals surface area contributed by atoms with Crippen LogP contribution in [0.5, 0.6) is 17.2 Å². The van der Waals surface area contributed by atoms with Gasteiger partial charge in [-0.3, -0.25) is 4.79 Å². The third kappa shape index (κ3) is 4.20. The molecule has 0 saturated carbocycles. The molecule has 2 aromatic carbocycles. The Hall–Kier alpha value is -2.34. The average Bonchev–Trinajstić information content (AvgIpc) is 2.66. The number of hydrogen-bond acceptors (Lipinski definition) is 5. The maximum absolute atomic E-state index is 12.7. The molecule has 0 bridgehead atoms. The average molecular weight is 359 g/mol. The number of hydrogen-bond donors (Lipinski definition) is 1. The van der Waals surface area contributed by atoms with Crippen LogP contribution in [0.25, 0.3) is 0 Å². The Morgan fingerprint density at radius 3 is 2.72 bits per heavy atom. The Bertz CT molecular complexity index is 750. The molecule has 1 N–H and O–H groups in total. The van der Waals surface area contributed by atoms with Crippen LogP contribution >= 0.6 is 11.8 Å². The smallest absolute Gasteiger partial charge is 0.237 e. The highest BCUT2D eigenvalue weighted by Crippen LogP contribution is 2.35. The second kappa shape index (κ2) is 8.16. The summed E-state index contributed by atoms with van der Waals surface area (Å²) in [5.74, 6) is 2.10. The maximum Gasteiger partial charge on any atom is 0.237 e. The molecule has 0 radical (unpaired) electrons. The summed E-state index contributed by atoms with van der Waals surface area (Å²) in [6, 6.07) is 13.2. The molecule has 6 heteroatoms. The van der Waals surface area contributed by atoms with E-state index in [2.05, 4.69) is 5.32 Å². The summed E-state index contributed by atoms with van der Waals surface area (Å²) in [5.41, 5.74) is 0.702. The van der Waals surface area contributed by atoms with Crippen molar-refractivity contribution in [1.82, 2.24) is 0 Å². The molecule has 1 aliphatic rings. The summed E-state index contributed by atoms with van der Waals surface area (Å²) >= 11 is 1.50. The van der Waals surface area contributed by atoms with Crippen molar-refractivity contribution in [1.29, 1.82) is 0 Å². The number of rotatable bonds is 6. The van der Waals surface area contributed by atoms with E-state index in [1.165, 1.54) is 11.8 Å². The van der Waals surface area contributed by atoms with Crippen LogP contribution in [-0.2, 0) is 4.79 Å². The zero-order chi connectivity index (χ0) is 17.6. The van der Waals surface area contributed by atoms with E-state index in [0.29, 0.717) is 36.8 Å². The van der Waals surface area contributed by atoms with Crippen LogP contribution in [-0.4, -0.2) is 31.5 Å². The summed E-state index contributed by atoms with van der Waals surface area (Å²) in [6.07, 6.45) is 0.707. The Morgan fingerprint density at radius 2 is 1.96 bits per heavy atom. The molecule has 1 aliphatic heterocycles. The first-order valence-corrected chi connectivity index (χ1v) is 9.09. The standard InChI is InChI=1S/C19H21NO4S/c1-3-17(25-18-7-5-4-6-15(18)22-2)19(21)20-13-8-9-14-16(12-13)24-11-10-23-14/h4-9,12,17H,3,10-11H2,1-2H3,(H,20,21). The van der Waals surface area contributed by atoms with Gasteiger partial charge in [-0.25, -0.2) is 0 Å². The molecule has 5 nitrogen and oxygen atoms in total. The SMILES string of the molecule is CCC(Sc1ccccc1OC)C(=O)Nc1ccc2c(c1)OCCO2. The van der Waals surface area contributed by atoms with Crippen molar-refractivity contribution in [3.8, 4) is 17.2 Å². The van der Waals surface area contributed by atoms with Crippen LogP contribution in [0, 0.1) is 0 Å². The van der Waals surface area contributed by atoms with Crippen LogP contribution in [0.4, 0.5) is 5.69 Å². The molecular weight excluding hydrogens is 338 g/mol. The number of anilines is 1. The monoisotopic (exact) mass is 359 g/mol. The highest BCUT2D eigenvalue weighted by Gasteiger charge is 2.21. The van der Waals surface area contributed by atoms with Gasteiger partial charge in [0.1, 0.15) is 19.0 Å². The van der Waals surface area contributed by atoms with E-state index >= 15 is 0 Å². The molecule has 1 unspecified atom stereocenters. The first kappa shape index (κ1) is 17.5. The number of nitrogens with one attached hydrogen (secondary N) is 1. The Morgan fingerprint density at radius 1 is 1.20 bits per heavy atom. The van der Waals surface area contributed by atoms with Gasteiger partial charge in [-0.1, -0.05) is 19.1 Å². The molecular formula is C19H21NO4S. The van der Waals surface area contributed by atoms with E-state index in [1.807, 2.05) is 43.3 Å². The third-order valence-corrected chi connectivity index (χ3v) is 5.23. The summed E-state index contributed by atoms with van der Waals surface area (Å²) < 4.78 is 16.4. The summed E-state index contributed by atoms with van der Waals surface area (Å²) in [6.45, 7) is 3.06. The predicted octanol–water partition coefficient (Wildman–Crippen LogP) is 3.98. The lowest BCUT2D eigenvalue weighted by atomic mass is 10.2. The highest BCUT2D eigenvalue weighted by molar-refractivity contribution is 8.00. The van der Waals surface area contributed by atoms with Crippen LogP contribution in [0.1, 0.15) is 13.3 Å². The summed E-state index contributed by atoms with van der Waals surface area (Å²) in [7, 11) is 1.63. The quantitative estimate of drug-likeness (QED) is 0.791. The van der Waals surface area contributed by atoms with Crippen LogP contribution in [0.15, 0.2) is 47.4 Å². The van der Waals surface area contributed by atoms with E-state index in [1.54, 1.807) is 13.2 Å². The number of thioether (sulfide) groups is 1. The predicted molar refractivity (Wildman–Crippen MR) is 99.0 cm³/mol. The molecule has 1 atom stereocenters. The first-order valence-electron chi connectivity index (χ1n) is 8.21. The Kier molecular flexibility index (Phi) is 5.71. The number of methoxy groups -OCH3 is 1. The van der Waals surface area contributed by atoms with Gasteiger partial charge in [-0.2, -0.15) is 0 Å². The van der Waals surface area contributed by atoms with Gasteiger partial charge in [0.25, 0.3) is 0 Å². The van der Waals surface area contributed by atoms with Crippen molar-refractivity contribution in [2.75, 3.05) is 25.6 Å². The lowest BCUT2D eigenvalue weighted by Gasteiger charge is -2.20. The van der Waals surface area contributed by atoms with Gasteiger partial charge < -0.3 is 19.5 Å². The topological polar surface area (TPSA) is 56.8 Å². The van der Waals surface area contributed by atoms with Gasteiger partial charge in [0, 0.05) is 11.8 Å². The lowest BCUT2D eigenvalue weighted by Crippen LogP contribution is -2.24. The minimum Gasteiger partial charge on any atom is -0.496 e. The molecule has 2 aromatic rings. The zero-order valence-corrected chi connectivity index (χ0v) is 15.1. The fourth-order valence-electron chi connectivity index (χ4n) is 2.54. The molecule has 0 fully saturated rings. The number of benzene rings is 2. The second-order valence-electron chi connectivity index (χ2n) is 5.51. The fourth-order valence-corrected chi connectivity index (χ4v) is 3.60. The van der Waals surface area contributed by atoms with E-state index in [0.717, 1.165) is 10.6 Å². The Balaban J connectivity index is 1.70. The van der Waals surface area contributed by atoms with Crippen molar-refractivity contribution >= 4 is 23.4 Å². The van der Waals surface area contributed by atoms with Gasteiger partial charge >= 0.3 is 0 Å². The largest absolute Gasteiger partial charge is 0.496 e. The zero-order valence-electron chi connectivity index (χ0n) is 14.3. The van der Waals surface area contributed by atoms with Gasteiger partial charge in [-0.05, 0) is 30.7 Å². The summed E-state index contributed by atoms with van der Waals surface area (Å²) in [5, 5.41) is 2.75. The maximum atomic E-state index is 12.7. The van der Waals surface area contributed by atoms with Gasteiger partial charge in [0.2, 0.25) is 5.91 Å². The Labute approximate surface area is 151 Å². The lowest BCUT2D eigenvalue weighted by molar-refractivity contribution is -0.115. The third-order valence-electron chi connectivity index (χ3n) is 3.81. The minimum absolute atomic E-state index is 0.0462. The van der Waals surface area contributed by atoms with Crippen LogP contribution < -0.4 is 19.5 Å². The highest BCUT2D eigenvalue weighted by atomic mass is 32.2. The summed E-state index contributed by atoms with van der Waals surface area (Å²) in [4.78, 5) is 13.6. The van der Waals surface area contributed by atoms with Crippen molar-refractivity contribution in [3.63, 3.8) is 0 Å². The van der Waals surface area contributed by atoms with Crippen LogP contribution in [0.3, 0.4) is 0 Å². The molecule has 132 valence electrons. The molecule has 0 aliphatic carbocycles. The number of fused-ring (bicyclic) bond motifs is 1. The van der Waals surface area contributed by atoms with Crippen molar-refractivity contribution in [2.24, 2.45) is 0 Å². The van der Waals surface area contributed by atoms with Gasteiger partial charge in [0.15, 0.2) is 11.5 Å². The molecule has 3 rings (SSSR count). The molecule has 0 saturated heterocycles. The van der Waals surface area contributed by atoms with E-state index in [9.17, 15) is 4.79 Å². The molecule has 1 amide bonds. The number of ether oxygens (including phenoxy) is 3. The number of carbonyl (C=O) groups excluding carboxylic acids is 1. The fraction of sp³-hybridized carbons (Fsp3) is 0.316. The molecule has 0 aromatic heterocycles. The van der Waals surface area contributed by atoms with Crippen molar-refractivity contribution in [3.05, 3.63) is 42.5 Å². The van der Waals surface area contributed by atoms with Gasteiger partial charge in [0.05, 0.1) is 17.3 Å². The second-order valence-corrected chi connectivity index (χ2v) is 6.76. The minimum atomic E-state index is -0.218. The number of amides is 1. The normalized spacial score (nSPS) is 13.8. The number of carbonyl (C=O) groups is 1. The van der Waals surface area contributed by atoms with E-state index < -0.39 is 0 Å².